The number of thiazole rings is 1. The van der Waals surface area contributed by atoms with E-state index in [9.17, 15) is 4.79 Å². The van der Waals surface area contributed by atoms with Gasteiger partial charge in [-0.25, -0.2) is 0 Å². The first-order valence-corrected chi connectivity index (χ1v) is 11.0. The third kappa shape index (κ3) is 4.74. The van der Waals surface area contributed by atoms with E-state index >= 15 is 0 Å². The zero-order chi connectivity index (χ0) is 20.3. The molecule has 0 atom stereocenters. The van der Waals surface area contributed by atoms with Gasteiger partial charge in [0.15, 0.2) is 4.80 Å². The van der Waals surface area contributed by atoms with Gasteiger partial charge in [-0.3, -0.25) is 4.79 Å². The van der Waals surface area contributed by atoms with Crippen molar-refractivity contribution in [2.24, 2.45) is 4.99 Å². The van der Waals surface area contributed by atoms with Gasteiger partial charge in [0.2, 0.25) is 0 Å². The monoisotopic (exact) mass is 414 g/mol. The standard InChI is InChI=1S/C22H26N2O2S2/c1-14(2)27-18-8-6-17(7-9-18)21(25)23-22-24(10-11-26-5)19-13-15(3)12-16(4)20(19)28-22/h6-9,12-14H,10-11H2,1-5H3. The van der Waals surface area contributed by atoms with Crippen molar-refractivity contribution in [3.05, 3.63) is 57.9 Å². The largest absolute Gasteiger partial charge is 0.383 e. The fraction of sp³-hybridized carbons (Fsp3) is 0.364. The van der Waals surface area contributed by atoms with Crippen molar-refractivity contribution in [1.29, 1.82) is 0 Å². The van der Waals surface area contributed by atoms with Crippen LogP contribution in [0.5, 0.6) is 0 Å². The lowest BCUT2D eigenvalue weighted by molar-refractivity contribution is 0.0997. The third-order valence-corrected chi connectivity index (χ3v) is 6.55. The highest BCUT2D eigenvalue weighted by molar-refractivity contribution is 7.99. The average Bonchev–Trinajstić information content (AvgIpc) is 2.97. The molecule has 3 aromatic rings. The van der Waals surface area contributed by atoms with E-state index in [0.29, 0.717) is 28.8 Å². The lowest BCUT2D eigenvalue weighted by Gasteiger charge is -2.06. The maximum atomic E-state index is 12.8. The van der Waals surface area contributed by atoms with Gasteiger partial charge in [-0.05, 0) is 55.3 Å². The molecule has 1 heterocycles. The molecule has 0 unspecified atom stereocenters. The lowest BCUT2D eigenvalue weighted by Crippen LogP contribution is -2.19. The number of aromatic nitrogens is 1. The van der Waals surface area contributed by atoms with Crippen LogP contribution in [0.15, 0.2) is 46.3 Å². The van der Waals surface area contributed by atoms with Crippen LogP contribution >= 0.6 is 23.1 Å². The molecule has 0 bridgehead atoms. The first-order valence-electron chi connectivity index (χ1n) is 9.34. The molecule has 0 N–H and O–H groups in total. The van der Waals surface area contributed by atoms with Crippen molar-refractivity contribution in [2.45, 2.75) is 44.4 Å². The smallest absolute Gasteiger partial charge is 0.279 e. The summed E-state index contributed by atoms with van der Waals surface area (Å²) in [4.78, 5) is 19.1. The van der Waals surface area contributed by atoms with E-state index in [0.717, 1.165) is 15.1 Å². The highest BCUT2D eigenvalue weighted by Gasteiger charge is 2.12. The van der Waals surface area contributed by atoms with Gasteiger partial charge in [-0.15, -0.1) is 11.8 Å². The minimum Gasteiger partial charge on any atom is -0.383 e. The van der Waals surface area contributed by atoms with Crippen LogP contribution in [-0.2, 0) is 11.3 Å². The Balaban J connectivity index is 2.02. The Hall–Kier alpha value is -1.89. The van der Waals surface area contributed by atoms with Crippen LogP contribution in [0.25, 0.3) is 10.2 Å². The number of amides is 1. The summed E-state index contributed by atoms with van der Waals surface area (Å²) in [5, 5.41) is 0.510. The fourth-order valence-corrected chi connectivity index (χ4v) is 5.04. The average molecular weight is 415 g/mol. The van der Waals surface area contributed by atoms with Crippen molar-refractivity contribution in [3.63, 3.8) is 0 Å². The minimum atomic E-state index is -0.215. The van der Waals surface area contributed by atoms with Crippen LogP contribution in [0.2, 0.25) is 0 Å². The van der Waals surface area contributed by atoms with E-state index in [-0.39, 0.29) is 5.91 Å². The predicted molar refractivity (Wildman–Crippen MR) is 118 cm³/mol. The Morgan fingerprint density at radius 2 is 1.93 bits per heavy atom. The van der Waals surface area contributed by atoms with E-state index in [1.54, 1.807) is 30.2 Å². The summed E-state index contributed by atoms with van der Waals surface area (Å²) in [7, 11) is 1.68. The Bertz CT molecular complexity index is 1050. The topological polar surface area (TPSA) is 43.6 Å². The van der Waals surface area contributed by atoms with Crippen molar-refractivity contribution in [1.82, 2.24) is 4.57 Å². The maximum Gasteiger partial charge on any atom is 0.279 e. The zero-order valence-corrected chi connectivity index (χ0v) is 18.6. The normalized spacial score (nSPS) is 12.3. The van der Waals surface area contributed by atoms with E-state index < -0.39 is 0 Å². The number of ether oxygens (including phenoxy) is 1. The molecule has 28 heavy (non-hydrogen) atoms. The second-order valence-corrected chi connectivity index (χ2v) is 9.69. The van der Waals surface area contributed by atoms with Gasteiger partial charge in [-0.2, -0.15) is 4.99 Å². The number of hydrogen-bond acceptors (Lipinski definition) is 4. The summed E-state index contributed by atoms with van der Waals surface area (Å²) >= 11 is 3.34. The molecule has 1 amide bonds. The molecular weight excluding hydrogens is 388 g/mol. The molecule has 4 nitrogen and oxygen atoms in total. The molecule has 1 aromatic heterocycles. The van der Waals surface area contributed by atoms with E-state index in [4.69, 9.17) is 4.74 Å². The van der Waals surface area contributed by atoms with Crippen LogP contribution in [0.3, 0.4) is 0 Å². The van der Waals surface area contributed by atoms with Crippen LogP contribution < -0.4 is 4.80 Å². The van der Waals surface area contributed by atoms with Gasteiger partial charge in [-0.1, -0.05) is 31.3 Å². The predicted octanol–water partition coefficient (Wildman–Crippen LogP) is 5.21. The molecular formula is C22H26N2O2S2. The second-order valence-electron chi connectivity index (χ2n) is 7.07. The summed E-state index contributed by atoms with van der Waals surface area (Å²) in [6.45, 7) is 9.73. The van der Waals surface area contributed by atoms with Crippen LogP contribution in [0.1, 0.15) is 35.3 Å². The molecule has 0 saturated heterocycles. The quantitative estimate of drug-likeness (QED) is 0.520. The summed E-state index contributed by atoms with van der Waals surface area (Å²) in [6.07, 6.45) is 0. The Labute approximate surface area is 174 Å². The molecule has 3 rings (SSSR count). The molecule has 0 aliphatic rings. The third-order valence-electron chi connectivity index (χ3n) is 4.30. The Morgan fingerprint density at radius 3 is 2.57 bits per heavy atom. The number of hydrogen-bond donors (Lipinski definition) is 0. The molecule has 0 aliphatic carbocycles. The summed E-state index contributed by atoms with van der Waals surface area (Å²) in [5.74, 6) is -0.215. The van der Waals surface area contributed by atoms with Gasteiger partial charge >= 0.3 is 0 Å². The lowest BCUT2D eigenvalue weighted by atomic mass is 10.1. The molecule has 148 valence electrons. The molecule has 0 spiro atoms. The van der Waals surface area contributed by atoms with Gasteiger partial charge in [0.1, 0.15) is 0 Å². The summed E-state index contributed by atoms with van der Waals surface area (Å²) in [6, 6.07) is 12.0. The highest BCUT2D eigenvalue weighted by atomic mass is 32.2. The van der Waals surface area contributed by atoms with Crippen LogP contribution in [0, 0.1) is 13.8 Å². The fourth-order valence-electron chi connectivity index (χ4n) is 3.10. The number of aryl methyl sites for hydroxylation is 2. The molecule has 0 aliphatic heterocycles. The first-order chi connectivity index (χ1) is 13.4. The number of fused-ring (bicyclic) bond motifs is 1. The van der Waals surface area contributed by atoms with Crippen molar-refractivity contribution >= 4 is 39.2 Å². The van der Waals surface area contributed by atoms with Crippen molar-refractivity contribution in [2.75, 3.05) is 13.7 Å². The number of thioether (sulfide) groups is 1. The number of carbonyl (C=O) groups is 1. The van der Waals surface area contributed by atoms with Gasteiger partial charge in [0.05, 0.1) is 16.8 Å². The van der Waals surface area contributed by atoms with E-state index in [1.165, 1.54) is 11.1 Å². The number of methoxy groups -OCH3 is 1. The number of nitrogens with zero attached hydrogens (tertiary/aromatic N) is 2. The molecule has 2 aromatic carbocycles. The molecule has 6 heteroatoms. The van der Waals surface area contributed by atoms with Crippen LogP contribution in [0.4, 0.5) is 0 Å². The summed E-state index contributed by atoms with van der Waals surface area (Å²) < 4.78 is 8.52. The Morgan fingerprint density at radius 1 is 1.21 bits per heavy atom. The molecule has 0 fully saturated rings. The van der Waals surface area contributed by atoms with Gasteiger partial charge in [0, 0.05) is 29.4 Å². The second kappa shape index (κ2) is 9.07. The number of benzene rings is 2. The van der Waals surface area contributed by atoms with Crippen molar-refractivity contribution in [3.8, 4) is 0 Å². The highest BCUT2D eigenvalue weighted by Crippen LogP contribution is 2.24. The molecule has 0 saturated carbocycles. The van der Waals surface area contributed by atoms with Gasteiger partial charge < -0.3 is 9.30 Å². The minimum absolute atomic E-state index is 0.215. The SMILES string of the molecule is COCCn1c(=NC(=O)c2ccc(SC(C)C)cc2)sc2c(C)cc(C)cc21. The zero-order valence-electron chi connectivity index (χ0n) is 17.0. The Kier molecular flexibility index (Phi) is 6.75. The van der Waals surface area contributed by atoms with E-state index in [1.807, 2.05) is 24.3 Å². The maximum absolute atomic E-state index is 12.8. The first kappa shape index (κ1) is 20.8. The van der Waals surface area contributed by atoms with E-state index in [2.05, 4.69) is 49.4 Å². The summed E-state index contributed by atoms with van der Waals surface area (Å²) in [5.41, 5.74) is 4.12. The number of carbonyl (C=O) groups excluding carboxylic acids is 1. The number of rotatable bonds is 6. The van der Waals surface area contributed by atoms with Crippen LogP contribution in [-0.4, -0.2) is 29.4 Å². The molecule has 0 radical (unpaired) electrons. The van der Waals surface area contributed by atoms with Gasteiger partial charge in [0.25, 0.3) is 5.91 Å². The van der Waals surface area contributed by atoms with Crippen molar-refractivity contribution < 1.29 is 9.53 Å².